The molecule has 0 fully saturated rings. The van der Waals surface area contributed by atoms with Crippen LogP contribution in [0.4, 0.5) is 0 Å². The quantitative estimate of drug-likeness (QED) is 0.601. The molecule has 0 radical (unpaired) electrons. The molecule has 4 rings (SSSR count). The molecule has 3 aliphatic rings. The van der Waals surface area contributed by atoms with Gasteiger partial charge in [0.1, 0.15) is 5.75 Å². The van der Waals surface area contributed by atoms with E-state index < -0.39 is 0 Å². The van der Waals surface area contributed by atoms with Crippen LogP contribution in [0.3, 0.4) is 0 Å². The monoisotopic (exact) mass is 523 g/mol. The standard InChI is InChI=1S/C22H23Br2NO4/c1-29-9-8-25-15-4-2-6-17(26)20(15)19(21-16(25)5-3-7-18(21)27)12-10-13(23)22(28)14(24)11-12/h10-11,19,28H,2-9H2,1H3. The average Bonchev–Trinajstić information content (AvgIpc) is 2.70. The molecule has 0 saturated heterocycles. The zero-order valence-electron chi connectivity index (χ0n) is 16.3. The van der Waals surface area contributed by atoms with E-state index in [1.165, 1.54) is 0 Å². The lowest BCUT2D eigenvalue weighted by Gasteiger charge is -2.44. The van der Waals surface area contributed by atoms with Crippen molar-refractivity contribution in [1.29, 1.82) is 0 Å². The van der Waals surface area contributed by atoms with E-state index in [1.54, 1.807) is 7.11 Å². The highest BCUT2D eigenvalue weighted by atomic mass is 79.9. The number of ether oxygens (including phenoxy) is 1. The molecule has 1 heterocycles. The molecular weight excluding hydrogens is 502 g/mol. The molecule has 0 saturated carbocycles. The number of Topliss-reactive ketones (excluding diaryl/α,β-unsaturated/α-hetero) is 2. The number of carbonyl (C=O) groups is 2. The van der Waals surface area contributed by atoms with Gasteiger partial charge in [0.15, 0.2) is 11.6 Å². The molecule has 1 aromatic carbocycles. The highest BCUT2D eigenvalue weighted by Gasteiger charge is 2.43. The van der Waals surface area contributed by atoms with Crippen LogP contribution >= 0.6 is 31.9 Å². The zero-order chi connectivity index (χ0) is 20.7. The van der Waals surface area contributed by atoms with E-state index in [-0.39, 0.29) is 23.2 Å². The fourth-order valence-corrected chi connectivity index (χ4v) is 5.98. The van der Waals surface area contributed by atoms with Crippen molar-refractivity contribution >= 4 is 43.4 Å². The number of methoxy groups -OCH3 is 1. The van der Waals surface area contributed by atoms with Crippen molar-refractivity contribution in [3.05, 3.63) is 49.2 Å². The number of rotatable bonds is 4. The largest absolute Gasteiger partial charge is 0.506 e. The fourth-order valence-electron chi connectivity index (χ4n) is 4.75. The van der Waals surface area contributed by atoms with E-state index in [1.807, 2.05) is 12.1 Å². The predicted molar refractivity (Wildman–Crippen MR) is 117 cm³/mol. The van der Waals surface area contributed by atoms with E-state index in [0.29, 0.717) is 34.9 Å². The van der Waals surface area contributed by atoms with E-state index in [4.69, 9.17) is 4.74 Å². The minimum absolute atomic E-state index is 0.111. The summed E-state index contributed by atoms with van der Waals surface area (Å²) in [5.41, 5.74) is 4.41. The first-order chi connectivity index (χ1) is 13.9. The van der Waals surface area contributed by atoms with E-state index in [2.05, 4.69) is 36.8 Å². The SMILES string of the molecule is COCCN1C2=C(C(=O)CCC2)C(c2cc(Br)c(O)c(Br)c2)C2=C1CCCC2=O. The van der Waals surface area contributed by atoms with Gasteiger partial charge in [0.05, 0.1) is 15.6 Å². The van der Waals surface area contributed by atoms with E-state index in [9.17, 15) is 14.7 Å². The van der Waals surface area contributed by atoms with Gasteiger partial charge in [0.2, 0.25) is 0 Å². The maximum atomic E-state index is 13.1. The molecule has 0 spiro atoms. The Bertz CT molecular complexity index is 883. The molecule has 1 N–H and O–H groups in total. The first kappa shape index (κ1) is 20.8. The Labute approximate surface area is 187 Å². The second-order valence-corrected chi connectivity index (χ2v) is 9.39. The maximum absolute atomic E-state index is 13.1. The number of hydrogen-bond acceptors (Lipinski definition) is 5. The Morgan fingerprint density at radius 2 is 1.52 bits per heavy atom. The summed E-state index contributed by atoms with van der Waals surface area (Å²) < 4.78 is 6.40. The number of phenolic OH excluding ortho intramolecular Hbond substituents is 1. The van der Waals surface area contributed by atoms with Gasteiger partial charge in [-0.2, -0.15) is 0 Å². The summed E-state index contributed by atoms with van der Waals surface area (Å²) >= 11 is 6.81. The van der Waals surface area contributed by atoms with Gasteiger partial charge < -0.3 is 14.7 Å². The summed E-state index contributed by atoms with van der Waals surface area (Å²) in [4.78, 5) is 28.4. The molecule has 0 amide bonds. The van der Waals surface area contributed by atoms with Crippen LogP contribution in [-0.4, -0.2) is 41.8 Å². The van der Waals surface area contributed by atoms with Gasteiger partial charge in [-0.05, 0) is 75.2 Å². The lowest BCUT2D eigenvalue weighted by atomic mass is 9.71. The second-order valence-electron chi connectivity index (χ2n) is 7.68. The van der Waals surface area contributed by atoms with Gasteiger partial charge in [-0.15, -0.1) is 0 Å². The number of benzene rings is 1. The fraction of sp³-hybridized carbons (Fsp3) is 0.455. The van der Waals surface area contributed by atoms with Crippen LogP contribution in [0.2, 0.25) is 0 Å². The van der Waals surface area contributed by atoms with Gasteiger partial charge in [-0.3, -0.25) is 9.59 Å². The topological polar surface area (TPSA) is 66.8 Å². The molecule has 154 valence electrons. The highest BCUT2D eigenvalue weighted by Crippen LogP contribution is 2.50. The number of aromatic hydroxyl groups is 1. The molecule has 29 heavy (non-hydrogen) atoms. The first-order valence-electron chi connectivity index (χ1n) is 9.91. The molecule has 1 aromatic rings. The van der Waals surface area contributed by atoms with Crippen LogP contribution in [0.1, 0.15) is 50.0 Å². The van der Waals surface area contributed by atoms with Crippen molar-refractivity contribution in [1.82, 2.24) is 4.90 Å². The van der Waals surface area contributed by atoms with Crippen LogP contribution < -0.4 is 0 Å². The third kappa shape index (κ3) is 3.62. The zero-order valence-corrected chi connectivity index (χ0v) is 19.4. The van der Waals surface area contributed by atoms with Crippen LogP contribution in [0.5, 0.6) is 5.75 Å². The number of halogens is 2. The van der Waals surface area contributed by atoms with E-state index >= 15 is 0 Å². The second kappa shape index (κ2) is 8.36. The summed E-state index contributed by atoms with van der Waals surface area (Å²) in [5.74, 6) is -0.0416. The molecule has 0 unspecified atom stereocenters. The Hall–Kier alpha value is -1.44. The van der Waals surface area contributed by atoms with Crippen molar-refractivity contribution in [2.75, 3.05) is 20.3 Å². The molecule has 0 aromatic heterocycles. The third-order valence-electron chi connectivity index (χ3n) is 5.98. The molecule has 1 aliphatic heterocycles. The minimum atomic E-state index is -0.382. The van der Waals surface area contributed by atoms with Crippen molar-refractivity contribution in [3.63, 3.8) is 0 Å². The third-order valence-corrected chi connectivity index (χ3v) is 7.19. The van der Waals surface area contributed by atoms with Crippen molar-refractivity contribution in [2.45, 2.75) is 44.4 Å². The van der Waals surface area contributed by atoms with Crippen molar-refractivity contribution < 1.29 is 19.4 Å². The Morgan fingerprint density at radius 1 is 1.00 bits per heavy atom. The molecular formula is C22H23Br2NO4. The van der Waals surface area contributed by atoms with Crippen molar-refractivity contribution in [3.8, 4) is 5.75 Å². The molecule has 5 nitrogen and oxygen atoms in total. The Balaban J connectivity index is 1.95. The molecule has 0 bridgehead atoms. The number of ketones is 2. The van der Waals surface area contributed by atoms with Crippen LogP contribution in [-0.2, 0) is 14.3 Å². The Kier molecular flexibility index (Phi) is 6.00. The van der Waals surface area contributed by atoms with Crippen LogP contribution in [0.25, 0.3) is 0 Å². The van der Waals surface area contributed by atoms with Crippen molar-refractivity contribution in [2.24, 2.45) is 0 Å². The van der Waals surface area contributed by atoms with Gasteiger partial charge in [0.25, 0.3) is 0 Å². The Morgan fingerprint density at radius 3 is 2.00 bits per heavy atom. The number of nitrogens with zero attached hydrogens (tertiary/aromatic N) is 1. The summed E-state index contributed by atoms with van der Waals surface area (Å²) in [6, 6.07) is 3.66. The summed E-state index contributed by atoms with van der Waals surface area (Å²) in [5, 5.41) is 10.2. The van der Waals surface area contributed by atoms with Gasteiger partial charge >= 0.3 is 0 Å². The predicted octanol–water partition coefficient (Wildman–Crippen LogP) is 4.98. The van der Waals surface area contributed by atoms with E-state index in [0.717, 1.165) is 53.8 Å². The number of hydrogen-bond donors (Lipinski definition) is 1. The first-order valence-corrected chi connectivity index (χ1v) is 11.5. The number of phenols is 1. The summed E-state index contributed by atoms with van der Waals surface area (Å²) in [6.07, 6.45) is 4.31. The smallest absolute Gasteiger partial charge is 0.161 e. The lowest BCUT2D eigenvalue weighted by molar-refractivity contribution is -0.117. The number of carbonyl (C=O) groups excluding carboxylic acids is 2. The summed E-state index contributed by atoms with van der Waals surface area (Å²) in [6.45, 7) is 1.18. The van der Waals surface area contributed by atoms with Gasteiger partial charge in [0, 0.05) is 55.0 Å². The summed E-state index contributed by atoms with van der Waals surface area (Å²) in [7, 11) is 1.67. The number of allylic oxidation sites excluding steroid dienone is 4. The van der Waals surface area contributed by atoms with Crippen LogP contribution in [0.15, 0.2) is 43.6 Å². The van der Waals surface area contributed by atoms with Gasteiger partial charge in [-0.1, -0.05) is 0 Å². The highest BCUT2D eigenvalue weighted by molar-refractivity contribution is 9.11. The van der Waals surface area contributed by atoms with Crippen LogP contribution in [0, 0.1) is 0 Å². The average molecular weight is 525 g/mol. The normalized spacial score (nSPS) is 20.3. The van der Waals surface area contributed by atoms with Gasteiger partial charge in [-0.25, -0.2) is 0 Å². The molecule has 2 aliphatic carbocycles. The molecule has 0 atom stereocenters. The maximum Gasteiger partial charge on any atom is 0.161 e. The minimum Gasteiger partial charge on any atom is -0.506 e. The lowest BCUT2D eigenvalue weighted by Crippen LogP contribution is -2.40. The molecule has 7 heteroatoms.